The third kappa shape index (κ3) is 2.44. The van der Waals surface area contributed by atoms with E-state index in [-0.39, 0.29) is 30.8 Å². The molecule has 0 bridgehead atoms. The molecule has 0 saturated carbocycles. The van der Waals surface area contributed by atoms with Crippen molar-refractivity contribution >= 4 is 11.9 Å². The highest BCUT2D eigenvalue weighted by molar-refractivity contribution is 5.90. The molecule has 16 heavy (non-hydrogen) atoms. The molecule has 0 aromatic rings. The molecule has 0 unspecified atom stereocenters. The Balaban J connectivity index is 2.97. The summed E-state index contributed by atoms with van der Waals surface area (Å²) in [5.74, 6) is -0.829. The van der Waals surface area contributed by atoms with E-state index in [0.717, 1.165) is 0 Å². The smallest absolute Gasteiger partial charge is 0.379 e. The van der Waals surface area contributed by atoms with Gasteiger partial charge in [-0.2, -0.15) is 0 Å². The fourth-order valence-corrected chi connectivity index (χ4v) is 1.20. The maximum atomic E-state index is 11.5. The van der Waals surface area contributed by atoms with Crippen molar-refractivity contribution in [3.8, 4) is 0 Å². The van der Waals surface area contributed by atoms with E-state index in [2.05, 4.69) is 0 Å². The van der Waals surface area contributed by atoms with Gasteiger partial charge in [0.15, 0.2) is 6.61 Å². The molecule has 0 aromatic carbocycles. The Kier molecular flexibility index (Phi) is 4.16. The van der Waals surface area contributed by atoms with Gasteiger partial charge < -0.3 is 14.2 Å². The standard InChI is InChI=1S/C10H15NO5/c1-4-14-9-8(10(13)15-5-2)16-6-7(12)11(9)3/h4-6H2,1-3H3. The number of likely N-dealkylation sites (N-methyl/N-ethyl adjacent to an activating group) is 1. The minimum Gasteiger partial charge on any atom is -0.476 e. The van der Waals surface area contributed by atoms with Crippen molar-refractivity contribution in [2.24, 2.45) is 0 Å². The number of esters is 1. The number of nitrogens with zero attached hydrogens (tertiary/aromatic N) is 1. The van der Waals surface area contributed by atoms with E-state index >= 15 is 0 Å². The summed E-state index contributed by atoms with van der Waals surface area (Å²) in [6, 6.07) is 0. The van der Waals surface area contributed by atoms with Crippen molar-refractivity contribution in [1.29, 1.82) is 0 Å². The molecule has 1 rings (SSSR count). The van der Waals surface area contributed by atoms with Crippen LogP contribution in [0.3, 0.4) is 0 Å². The summed E-state index contributed by atoms with van der Waals surface area (Å²) >= 11 is 0. The van der Waals surface area contributed by atoms with Gasteiger partial charge in [-0.25, -0.2) is 4.79 Å². The van der Waals surface area contributed by atoms with Crippen LogP contribution < -0.4 is 0 Å². The molecule has 6 nitrogen and oxygen atoms in total. The van der Waals surface area contributed by atoms with Gasteiger partial charge in [-0.3, -0.25) is 9.69 Å². The molecule has 6 heteroatoms. The molecular weight excluding hydrogens is 214 g/mol. The highest BCUT2D eigenvalue weighted by atomic mass is 16.6. The molecule has 0 aliphatic carbocycles. The first-order valence-electron chi connectivity index (χ1n) is 5.05. The van der Waals surface area contributed by atoms with Crippen LogP contribution in [-0.2, 0) is 23.8 Å². The Labute approximate surface area is 93.8 Å². The quantitative estimate of drug-likeness (QED) is 0.646. The molecule has 0 aromatic heterocycles. The van der Waals surface area contributed by atoms with Crippen molar-refractivity contribution in [1.82, 2.24) is 4.90 Å². The van der Waals surface area contributed by atoms with Gasteiger partial charge in [-0.05, 0) is 13.8 Å². The average molecular weight is 229 g/mol. The van der Waals surface area contributed by atoms with Gasteiger partial charge >= 0.3 is 5.97 Å². The molecule has 0 saturated heterocycles. The zero-order valence-corrected chi connectivity index (χ0v) is 9.61. The summed E-state index contributed by atoms with van der Waals surface area (Å²) in [4.78, 5) is 24.1. The first-order valence-corrected chi connectivity index (χ1v) is 5.05. The Morgan fingerprint density at radius 3 is 2.69 bits per heavy atom. The first-order chi connectivity index (χ1) is 7.61. The van der Waals surface area contributed by atoms with Gasteiger partial charge in [-0.1, -0.05) is 0 Å². The van der Waals surface area contributed by atoms with E-state index in [9.17, 15) is 9.59 Å². The second-order valence-electron chi connectivity index (χ2n) is 3.03. The monoisotopic (exact) mass is 229 g/mol. The SMILES string of the molecule is CCOC(=O)C1=C(OCC)N(C)C(=O)CO1. The van der Waals surface area contributed by atoms with Gasteiger partial charge in [0.05, 0.1) is 13.2 Å². The molecule has 0 spiro atoms. The van der Waals surface area contributed by atoms with Crippen LogP contribution >= 0.6 is 0 Å². The second-order valence-corrected chi connectivity index (χ2v) is 3.03. The van der Waals surface area contributed by atoms with Crippen molar-refractivity contribution in [3.63, 3.8) is 0 Å². The van der Waals surface area contributed by atoms with E-state index in [1.54, 1.807) is 13.8 Å². The fourth-order valence-electron chi connectivity index (χ4n) is 1.20. The molecule has 1 aliphatic heterocycles. The number of rotatable bonds is 4. The normalized spacial score (nSPS) is 15.9. The zero-order valence-electron chi connectivity index (χ0n) is 9.61. The minimum atomic E-state index is -0.620. The maximum Gasteiger partial charge on any atom is 0.379 e. The second kappa shape index (κ2) is 5.39. The molecule has 0 atom stereocenters. The molecule has 90 valence electrons. The zero-order chi connectivity index (χ0) is 12.1. The van der Waals surface area contributed by atoms with E-state index in [1.165, 1.54) is 11.9 Å². The predicted octanol–water partition coefficient (Wildman–Crippen LogP) is 0.244. The van der Waals surface area contributed by atoms with Crippen molar-refractivity contribution in [2.45, 2.75) is 13.8 Å². The highest BCUT2D eigenvalue weighted by Crippen LogP contribution is 2.18. The first kappa shape index (κ1) is 12.4. The van der Waals surface area contributed by atoms with Gasteiger partial charge in [0, 0.05) is 7.05 Å². The number of ether oxygens (including phenoxy) is 3. The van der Waals surface area contributed by atoms with Crippen LogP contribution in [0.5, 0.6) is 0 Å². The number of amides is 1. The Bertz CT molecular complexity index is 323. The Morgan fingerprint density at radius 1 is 1.44 bits per heavy atom. The van der Waals surface area contributed by atoms with Crippen LogP contribution in [0.4, 0.5) is 0 Å². The molecule has 0 radical (unpaired) electrons. The fraction of sp³-hybridized carbons (Fsp3) is 0.600. The van der Waals surface area contributed by atoms with Gasteiger partial charge in [0.1, 0.15) is 0 Å². The predicted molar refractivity (Wildman–Crippen MR) is 54.0 cm³/mol. The van der Waals surface area contributed by atoms with E-state index < -0.39 is 5.97 Å². The van der Waals surface area contributed by atoms with Crippen LogP contribution in [0, 0.1) is 0 Å². The number of hydrogen-bond acceptors (Lipinski definition) is 5. The number of hydrogen-bond donors (Lipinski definition) is 0. The summed E-state index contributed by atoms with van der Waals surface area (Å²) in [7, 11) is 1.52. The lowest BCUT2D eigenvalue weighted by Crippen LogP contribution is -2.38. The van der Waals surface area contributed by atoms with Crippen molar-refractivity contribution in [3.05, 3.63) is 11.6 Å². The third-order valence-electron chi connectivity index (χ3n) is 1.95. The van der Waals surface area contributed by atoms with E-state index in [4.69, 9.17) is 14.2 Å². The number of carbonyl (C=O) groups is 2. The summed E-state index contributed by atoms with van der Waals surface area (Å²) in [6.45, 7) is 3.84. The lowest BCUT2D eigenvalue weighted by molar-refractivity contribution is -0.149. The van der Waals surface area contributed by atoms with Crippen LogP contribution in [0.1, 0.15) is 13.8 Å². The van der Waals surface area contributed by atoms with E-state index in [0.29, 0.717) is 6.61 Å². The van der Waals surface area contributed by atoms with E-state index in [1.807, 2.05) is 0 Å². The Morgan fingerprint density at radius 2 is 2.12 bits per heavy atom. The lowest BCUT2D eigenvalue weighted by atomic mass is 10.4. The molecule has 1 aliphatic rings. The van der Waals surface area contributed by atoms with Crippen molar-refractivity contribution in [2.75, 3.05) is 26.9 Å². The third-order valence-corrected chi connectivity index (χ3v) is 1.95. The van der Waals surface area contributed by atoms with Crippen LogP contribution in [0.15, 0.2) is 11.6 Å². The summed E-state index contributed by atoms with van der Waals surface area (Å²) in [5.41, 5.74) is 0. The van der Waals surface area contributed by atoms with Crippen molar-refractivity contribution < 1.29 is 23.8 Å². The van der Waals surface area contributed by atoms with Gasteiger partial charge in [0.2, 0.25) is 5.88 Å². The minimum absolute atomic E-state index is 0.0502. The highest BCUT2D eigenvalue weighted by Gasteiger charge is 2.31. The number of carbonyl (C=O) groups excluding carboxylic acids is 2. The largest absolute Gasteiger partial charge is 0.476 e. The molecule has 1 amide bonds. The van der Waals surface area contributed by atoms with Gasteiger partial charge in [0.25, 0.3) is 11.7 Å². The molecular formula is C10H15NO5. The Hall–Kier alpha value is -1.72. The maximum absolute atomic E-state index is 11.5. The molecule has 0 N–H and O–H groups in total. The summed E-state index contributed by atoms with van der Waals surface area (Å²) in [5, 5.41) is 0. The average Bonchev–Trinajstić information content (AvgIpc) is 2.25. The molecule has 0 fully saturated rings. The molecule has 1 heterocycles. The summed E-state index contributed by atoms with van der Waals surface area (Å²) in [6.07, 6.45) is 0. The van der Waals surface area contributed by atoms with Crippen LogP contribution in [0.25, 0.3) is 0 Å². The van der Waals surface area contributed by atoms with Crippen LogP contribution in [0.2, 0.25) is 0 Å². The van der Waals surface area contributed by atoms with Gasteiger partial charge in [-0.15, -0.1) is 0 Å². The van der Waals surface area contributed by atoms with Crippen LogP contribution in [-0.4, -0.2) is 43.6 Å². The summed E-state index contributed by atoms with van der Waals surface area (Å²) < 4.78 is 15.0. The lowest BCUT2D eigenvalue weighted by Gasteiger charge is -2.26. The topological polar surface area (TPSA) is 65.1 Å².